The van der Waals surface area contributed by atoms with Gasteiger partial charge in [0, 0.05) is 19.7 Å². The average molecular weight is 363 g/mol. The quantitative estimate of drug-likeness (QED) is 0.661. The number of rotatable bonds is 5. The molecule has 0 aliphatic heterocycles. The third kappa shape index (κ3) is 5.01. The van der Waals surface area contributed by atoms with Gasteiger partial charge in [0.1, 0.15) is 0 Å². The molecule has 0 fully saturated rings. The Hall–Kier alpha value is -2.95. The SMILES string of the molecule is CNC(=O)NC(=O)C(C)Sc1nnnn1-c1cccc(NC(C)=O)c1. The molecule has 0 spiro atoms. The maximum Gasteiger partial charge on any atom is 0.321 e. The van der Waals surface area contributed by atoms with E-state index in [0.717, 1.165) is 11.8 Å². The summed E-state index contributed by atoms with van der Waals surface area (Å²) in [6, 6.07) is 6.37. The molecule has 0 bridgehead atoms. The maximum atomic E-state index is 11.9. The van der Waals surface area contributed by atoms with E-state index in [1.165, 1.54) is 18.7 Å². The van der Waals surface area contributed by atoms with Crippen LogP contribution in [0.1, 0.15) is 13.8 Å². The maximum absolute atomic E-state index is 11.9. The molecule has 2 rings (SSSR count). The highest BCUT2D eigenvalue weighted by molar-refractivity contribution is 8.00. The first-order chi connectivity index (χ1) is 11.9. The Morgan fingerprint density at radius 1 is 1.28 bits per heavy atom. The van der Waals surface area contributed by atoms with E-state index < -0.39 is 17.2 Å². The van der Waals surface area contributed by atoms with E-state index >= 15 is 0 Å². The van der Waals surface area contributed by atoms with Crippen LogP contribution < -0.4 is 16.0 Å². The summed E-state index contributed by atoms with van der Waals surface area (Å²) in [7, 11) is 1.42. The summed E-state index contributed by atoms with van der Waals surface area (Å²) in [5.74, 6) is -0.658. The summed E-state index contributed by atoms with van der Waals surface area (Å²) in [5.41, 5.74) is 1.22. The number of nitrogens with one attached hydrogen (secondary N) is 3. The molecule has 0 radical (unpaired) electrons. The van der Waals surface area contributed by atoms with Crippen LogP contribution in [0.25, 0.3) is 5.69 Å². The number of benzene rings is 1. The highest BCUT2D eigenvalue weighted by atomic mass is 32.2. The Kier molecular flexibility index (Phi) is 6.06. The van der Waals surface area contributed by atoms with Crippen LogP contribution in [0.2, 0.25) is 0 Å². The third-order valence-electron chi connectivity index (χ3n) is 2.97. The first-order valence-electron chi connectivity index (χ1n) is 7.26. The molecule has 0 aliphatic rings. The van der Waals surface area contributed by atoms with Gasteiger partial charge in [-0.3, -0.25) is 14.9 Å². The molecule has 4 amide bonds. The lowest BCUT2D eigenvalue weighted by Gasteiger charge is -2.11. The fourth-order valence-corrected chi connectivity index (χ4v) is 2.63. The molecule has 1 atom stereocenters. The van der Waals surface area contributed by atoms with Gasteiger partial charge < -0.3 is 10.6 Å². The average Bonchev–Trinajstić information content (AvgIpc) is 3.02. The van der Waals surface area contributed by atoms with Crippen molar-refractivity contribution in [1.29, 1.82) is 0 Å². The Morgan fingerprint density at radius 2 is 2.04 bits per heavy atom. The van der Waals surface area contributed by atoms with Crippen molar-refractivity contribution in [2.24, 2.45) is 0 Å². The molecule has 11 heteroatoms. The molecule has 0 aliphatic carbocycles. The molecule has 10 nitrogen and oxygen atoms in total. The number of thioether (sulfide) groups is 1. The number of hydrogen-bond donors (Lipinski definition) is 3. The van der Waals surface area contributed by atoms with E-state index in [1.807, 2.05) is 0 Å². The van der Waals surface area contributed by atoms with Gasteiger partial charge in [-0.05, 0) is 35.5 Å². The molecule has 1 aromatic heterocycles. The minimum atomic E-state index is -0.597. The van der Waals surface area contributed by atoms with E-state index in [2.05, 4.69) is 31.5 Å². The zero-order valence-corrected chi connectivity index (χ0v) is 14.6. The van der Waals surface area contributed by atoms with Gasteiger partial charge in [0.25, 0.3) is 0 Å². The van der Waals surface area contributed by atoms with Crippen molar-refractivity contribution in [2.75, 3.05) is 12.4 Å². The first kappa shape index (κ1) is 18.4. The molecular formula is C14H17N7O3S. The smallest absolute Gasteiger partial charge is 0.321 e. The summed E-state index contributed by atoms with van der Waals surface area (Å²) in [5, 5.41) is 18.4. The van der Waals surface area contributed by atoms with Gasteiger partial charge in [-0.25, -0.2) is 4.79 Å². The summed E-state index contributed by atoms with van der Waals surface area (Å²) in [4.78, 5) is 34.3. The number of imide groups is 1. The van der Waals surface area contributed by atoms with Crippen molar-refractivity contribution < 1.29 is 14.4 Å². The molecule has 1 heterocycles. The minimum absolute atomic E-state index is 0.192. The van der Waals surface area contributed by atoms with Crippen LogP contribution in [0.5, 0.6) is 0 Å². The zero-order valence-electron chi connectivity index (χ0n) is 13.8. The molecule has 1 aromatic carbocycles. The van der Waals surface area contributed by atoms with Crippen molar-refractivity contribution in [3.63, 3.8) is 0 Å². The molecule has 0 saturated heterocycles. The summed E-state index contributed by atoms with van der Waals surface area (Å²) >= 11 is 1.10. The Balaban J connectivity index is 2.16. The molecule has 3 N–H and O–H groups in total. The van der Waals surface area contributed by atoms with Crippen LogP contribution in [-0.4, -0.2) is 50.4 Å². The zero-order chi connectivity index (χ0) is 18.4. The van der Waals surface area contributed by atoms with Crippen LogP contribution in [0, 0.1) is 0 Å². The lowest BCUT2D eigenvalue weighted by Crippen LogP contribution is -2.41. The number of amides is 4. The number of aromatic nitrogens is 4. The van der Waals surface area contributed by atoms with Gasteiger partial charge in [0.2, 0.25) is 17.0 Å². The van der Waals surface area contributed by atoms with Crippen molar-refractivity contribution in [3.05, 3.63) is 24.3 Å². The molecule has 0 saturated carbocycles. The summed E-state index contributed by atoms with van der Waals surface area (Å²) < 4.78 is 1.44. The van der Waals surface area contributed by atoms with Crippen molar-refractivity contribution >= 4 is 35.3 Å². The lowest BCUT2D eigenvalue weighted by atomic mass is 10.3. The van der Waals surface area contributed by atoms with Gasteiger partial charge in [0.05, 0.1) is 10.9 Å². The Morgan fingerprint density at radius 3 is 2.72 bits per heavy atom. The number of hydrogen-bond acceptors (Lipinski definition) is 7. The normalized spacial score (nSPS) is 11.5. The van der Waals surface area contributed by atoms with Gasteiger partial charge in [-0.2, -0.15) is 4.68 Å². The molecular weight excluding hydrogens is 346 g/mol. The first-order valence-corrected chi connectivity index (χ1v) is 8.14. The van der Waals surface area contributed by atoms with E-state index in [9.17, 15) is 14.4 Å². The predicted octanol–water partition coefficient (Wildman–Crippen LogP) is 0.557. The van der Waals surface area contributed by atoms with E-state index in [1.54, 1.807) is 31.2 Å². The van der Waals surface area contributed by atoms with Gasteiger partial charge in [0.15, 0.2) is 0 Å². The van der Waals surface area contributed by atoms with Crippen LogP contribution in [0.15, 0.2) is 29.4 Å². The van der Waals surface area contributed by atoms with Crippen LogP contribution >= 0.6 is 11.8 Å². The van der Waals surface area contributed by atoms with E-state index in [0.29, 0.717) is 16.5 Å². The summed E-state index contributed by atoms with van der Waals surface area (Å²) in [6.45, 7) is 3.05. The van der Waals surface area contributed by atoms with Crippen molar-refractivity contribution in [2.45, 2.75) is 24.3 Å². The lowest BCUT2D eigenvalue weighted by molar-refractivity contribution is -0.119. The Bertz CT molecular complexity index is 792. The summed E-state index contributed by atoms with van der Waals surface area (Å²) in [6.07, 6.45) is 0. The second-order valence-electron chi connectivity index (χ2n) is 4.93. The Labute approximate surface area is 147 Å². The van der Waals surface area contributed by atoms with E-state index in [-0.39, 0.29) is 5.91 Å². The number of carbonyl (C=O) groups is 3. The largest absolute Gasteiger partial charge is 0.341 e. The van der Waals surface area contributed by atoms with E-state index in [4.69, 9.17) is 0 Å². The minimum Gasteiger partial charge on any atom is -0.341 e. The number of carbonyl (C=O) groups excluding carboxylic acids is 3. The fourth-order valence-electron chi connectivity index (χ4n) is 1.82. The monoisotopic (exact) mass is 363 g/mol. The molecule has 132 valence electrons. The number of anilines is 1. The van der Waals surface area contributed by atoms with Gasteiger partial charge in [-0.1, -0.05) is 17.8 Å². The highest BCUT2D eigenvalue weighted by Gasteiger charge is 2.20. The van der Waals surface area contributed by atoms with Crippen molar-refractivity contribution in [3.8, 4) is 5.69 Å². The number of nitrogens with zero attached hydrogens (tertiary/aromatic N) is 4. The second-order valence-corrected chi connectivity index (χ2v) is 6.24. The predicted molar refractivity (Wildman–Crippen MR) is 91.4 cm³/mol. The second kappa shape index (κ2) is 8.24. The molecule has 25 heavy (non-hydrogen) atoms. The molecule has 1 unspecified atom stereocenters. The highest BCUT2D eigenvalue weighted by Crippen LogP contribution is 2.24. The third-order valence-corrected chi connectivity index (χ3v) is 4.00. The number of urea groups is 1. The van der Waals surface area contributed by atoms with Gasteiger partial charge >= 0.3 is 6.03 Å². The number of tetrazole rings is 1. The van der Waals surface area contributed by atoms with Crippen LogP contribution in [-0.2, 0) is 9.59 Å². The molecule has 2 aromatic rings. The van der Waals surface area contributed by atoms with Crippen molar-refractivity contribution in [1.82, 2.24) is 30.8 Å². The fraction of sp³-hybridized carbons (Fsp3) is 0.286. The topological polar surface area (TPSA) is 131 Å². The van der Waals surface area contributed by atoms with Gasteiger partial charge in [-0.15, -0.1) is 5.10 Å². The standard InChI is InChI=1S/C14H17N7O3S/c1-8(12(23)17-13(24)15-3)25-14-18-19-20-21(14)11-6-4-5-10(7-11)16-9(2)22/h4-8H,1-3H3,(H,16,22)(H2,15,17,23,24). The van der Waals surface area contributed by atoms with Crippen LogP contribution in [0.4, 0.5) is 10.5 Å². The van der Waals surface area contributed by atoms with Crippen LogP contribution in [0.3, 0.4) is 0 Å².